The van der Waals surface area contributed by atoms with Crippen molar-refractivity contribution in [3.63, 3.8) is 0 Å². The molecule has 1 spiro atoms. The predicted octanol–water partition coefficient (Wildman–Crippen LogP) is 2.08. The smallest absolute Gasteiger partial charge is 0.250 e. The van der Waals surface area contributed by atoms with E-state index in [0.717, 1.165) is 32.2 Å². The number of piperidine rings is 1. The first-order valence-corrected chi connectivity index (χ1v) is 9.23. The molecule has 1 saturated carbocycles. The molecular formula is C19H26N2O2. The van der Waals surface area contributed by atoms with Gasteiger partial charge in [-0.3, -0.25) is 4.79 Å². The Kier molecular flexibility index (Phi) is 3.21. The maximum Gasteiger partial charge on any atom is 0.250 e. The van der Waals surface area contributed by atoms with E-state index in [-0.39, 0.29) is 5.56 Å². The molecule has 4 aliphatic rings. The summed E-state index contributed by atoms with van der Waals surface area (Å²) in [7, 11) is 0. The SMILES string of the molecule is O=c1cccc2n1C[C@H]1C[C@@H]2CN(CC2CC23CCOCC3)C1. The average Bonchev–Trinajstić information content (AvgIpc) is 3.20. The molecule has 124 valence electrons. The highest BCUT2D eigenvalue weighted by molar-refractivity contribution is 5.17. The van der Waals surface area contributed by atoms with Crippen molar-refractivity contribution >= 4 is 0 Å². The summed E-state index contributed by atoms with van der Waals surface area (Å²) in [5.74, 6) is 2.11. The van der Waals surface area contributed by atoms with Gasteiger partial charge in [0.1, 0.15) is 0 Å². The van der Waals surface area contributed by atoms with E-state index < -0.39 is 0 Å². The molecule has 3 atom stereocenters. The number of hydrogen-bond acceptors (Lipinski definition) is 3. The lowest BCUT2D eigenvalue weighted by molar-refractivity contribution is 0.0454. The fourth-order valence-electron chi connectivity index (χ4n) is 5.54. The molecule has 0 aromatic carbocycles. The Morgan fingerprint density at radius 2 is 2.04 bits per heavy atom. The van der Waals surface area contributed by atoms with Crippen molar-refractivity contribution in [3.8, 4) is 0 Å². The number of rotatable bonds is 2. The molecular weight excluding hydrogens is 288 g/mol. The molecule has 23 heavy (non-hydrogen) atoms. The second-order valence-electron chi connectivity index (χ2n) is 8.29. The summed E-state index contributed by atoms with van der Waals surface area (Å²) in [4.78, 5) is 14.8. The third-order valence-corrected chi connectivity index (χ3v) is 6.88. The molecule has 1 aromatic heterocycles. The summed E-state index contributed by atoms with van der Waals surface area (Å²) in [5, 5.41) is 0. The van der Waals surface area contributed by atoms with Crippen LogP contribution in [0.3, 0.4) is 0 Å². The van der Waals surface area contributed by atoms with Gasteiger partial charge in [-0.1, -0.05) is 6.07 Å². The molecule has 2 bridgehead atoms. The van der Waals surface area contributed by atoms with Crippen molar-refractivity contribution in [2.24, 2.45) is 17.3 Å². The van der Waals surface area contributed by atoms with Crippen LogP contribution < -0.4 is 5.56 Å². The van der Waals surface area contributed by atoms with Gasteiger partial charge in [0, 0.05) is 57.1 Å². The van der Waals surface area contributed by atoms with Crippen molar-refractivity contribution in [1.82, 2.24) is 9.47 Å². The van der Waals surface area contributed by atoms with E-state index in [1.54, 1.807) is 6.07 Å². The van der Waals surface area contributed by atoms with Crippen LogP contribution in [-0.4, -0.2) is 42.3 Å². The highest BCUT2D eigenvalue weighted by Gasteiger charge is 2.54. The fraction of sp³-hybridized carbons (Fsp3) is 0.737. The number of pyridine rings is 1. The van der Waals surface area contributed by atoms with E-state index >= 15 is 0 Å². The minimum absolute atomic E-state index is 0.189. The first-order valence-electron chi connectivity index (χ1n) is 9.23. The van der Waals surface area contributed by atoms with Crippen LogP contribution in [0, 0.1) is 17.3 Å². The van der Waals surface area contributed by atoms with Gasteiger partial charge in [-0.15, -0.1) is 0 Å². The van der Waals surface area contributed by atoms with E-state index in [2.05, 4.69) is 11.0 Å². The summed E-state index contributed by atoms with van der Waals surface area (Å²) in [6, 6.07) is 5.82. The Hall–Kier alpha value is -1.13. The molecule has 0 radical (unpaired) electrons. The molecule has 3 aliphatic heterocycles. The standard InChI is InChI=1S/C19H26N2O2/c22-18-3-1-2-17-15-8-14(11-21(17)18)10-20(12-15)13-16-9-19(16)4-6-23-7-5-19/h1-3,14-16H,4-13H2/t14-,15+,16?/m0/s1. The topological polar surface area (TPSA) is 34.5 Å². The van der Waals surface area contributed by atoms with Gasteiger partial charge >= 0.3 is 0 Å². The zero-order valence-corrected chi connectivity index (χ0v) is 13.7. The molecule has 2 saturated heterocycles. The van der Waals surface area contributed by atoms with Crippen molar-refractivity contribution < 1.29 is 4.74 Å². The fourth-order valence-corrected chi connectivity index (χ4v) is 5.54. The second kappa shape index (κ2) is 5.18. The third-order valence-electron chi connectivity index (χ3n) is 6.88. The van der Waals surface area contributed by atoms with Crippen LogP contribution in [-0.2, 0) is 11.3 Å². The summed E-state index contributed by atoms with van der Waals surface area (Å²) in [6.45, 7) is 6.45. The van der Waals surface area contributed by atoms with Gasteiger partial charge in [0.25, 0.3) is 5.56 Å². The Labute approximate surface area is 137 Å². The van der Waals surface area contributed by atoms with E-state index in [1.807, 2.05) is 10.6 Å². The Bertz CT molecular complexity index is 662. The quantitative estimate of drug-likeness (QED) is 0.838. The number of aromatic nitrogens is 1. The number of nitrogens with zero attached hydrogens (tertiary/aromatic N) is 2. The summed E-state index contributed by atoms with van der Waals surface area (Å²) >= 11 is 0. The number of fused-ring (bicyclic) bond motifs is 4. The lowest BCUT2D eigenvalue weighted by Gasteiger charge is -2.43. The van der Waals surface area contributed by atoms with Crippen LogP contribution >= 0.6 is 0 Å². The highest BCUT2D eigenvalue weighted by atomic mass is 16.5. The van der Waals surface area contributed by atoms with E-state index in [9.17, 15) is 4.79 Å². The van der Waals surface area contributed by atoms with Crippen LogP contribution in [0.2, 0.25) is 0 Å². The van der Waals surface area contributed by atoms with Crippen LogP contribution in [0.5, 0.6) is 0 Å². The first kappa shape index (κ1) is 14.2. The lowest BCUT2D eigenvalue weighted by atomic mass is 9.83. The van der Waals surface area contributed by atoms with Crippen LogP contribution in [0.25, 0.3) is 0 Å². The number of ether oxygens (including phenoxy) is 1. The van der Waals surface area contributed by atoms with E-state index in [1.165, 1.54) is 44.5 Å². The predicted molar refractivity (Wildman–Crippen MR) is 88.6 cm³/mol. The van der Waals surface area contributed by atoms with Gasteiger partial charge in [0.05, 0.1) is 0 Å². The summed E-state index contributed by atoms with van der Waals surface area (Å²) < 4.78 is 7.58. The van der Waals surface area contributed by atoms with Crippen molar-refractivity contribution in [2.45, 2.75) is 38.1 Å². The molecule has 0 N–H and O–H groups in total. The molecule has 0 amide bonds. The minimum atomic E-state index is 0.189. The van der Waals surface area contributed by atoms with Crippen LogP contribution in [0.4, 0.5) is 0 Å². The molecule has 5 rings (SSSR count). The van der Waals surface area contributed by atoms with Crippen LogP contribution in [0.1, 0.15) is 37.3 Å². The largest absolute Gasteiger partial charge is 0.381 e. The molecule has 1 aromatic rings. The zero-order chi connectivity index (χ0) is 15.4. The van der Waals surface area contributed by atoms with Gasteiger partial charge in [0.15, 0.2) is 0 Å². The Morgan fingerprint density at radius 1 is 1.17 bits per heavy atom. The molecule has 3 fully saturated rings. The monoisotopic (exact) mass is 314 g/mol. The molecule has 4 heterocycles. The summed E-state index contributed by atoms with van der Waals surface area (Å²) in [5.41, 5.74) is 2.09. The Balaban J connectivity index is 1.30. The van der Waals surface area contributed by atoms with Gasteiger partial charge in [-0.25, -0.2) is 0 Å². The molecule has 1 aliphatic carbocycles. The number of likely N-dealkylation sites (tertiary alicyclic amines) is 1. The molecule has 1 unspecified atom stereocenters. The van der Waals surface area contributed by atoms with E-state index in [0.29, 0.717) is 17.3 Å². The van der Waals surface area contributed by atoms with Crippen LogP contribution in [0.15, 0.2) is 23.0 Å². The third kappa shape index (κ3) is 2.38. The molecule has 4 nitrogen and oxygen atoms in total. The van der Waals surface area contributed by atoms with Gasteiger partial charge in [0.2, 0.25) is 0 Å². The van der Waals surface area contributed by atoms with Gasteiger partial charge in [-0.05, 0) is 49.0 Å². The average molecular weight is 314 g/mol. The lowest BCUT2D eigenvalue weighted by Crippen LogP contribution is -2.47. The zero-order valence-electron chi connectivity index (χ0n) is 13.7. The maximum atomic E-state index is 12.1. The maximum absolute atomic E-state index is 12.1. The molecule has 4 heteroatoms. The summed E-state index contributed by atoms with van der Waals surface area (Å²) in [6.07, 6.45) is 5.23. The number of hydrogen-bond donors (Lipinski definition) is 0. The van der Waals surface area contributed by atoms with Gasteiger partial charge < -0.3 is 14.2 Å². The highest BCUT2D eigenvalue weighted by Crippen LogP contribution is 2.59. The second-order valence-corrected chi connectivity index (χ2v) is 8.29. The normalized spacial score (nSPS) is 35.0. The van der Waals surface area contributed by atoms with Crippen molar-refractivity contribution in [1.29, 1.82) is 0 Å². The van der Waals surface area contributed by atoms with Crippen molar-refractivity contribution in [3.05, 3.63) is 34.2 Å². The van der Waals surface area contributed by atoms with Crippen molar-refractivity contribution in [2.75, 3.05) is 32.8 Å². The van der Waals surface area contributed by atoms with Gasteiger partial charge in [-0.2, -0.15) is 0 Å². The Morgan fingerprint density at radius 3 is 2.91 bits per heavy atom. The van der Waals surface area contributed by atoms with E-state index in [4.69, 9.17) is 4.74 Å². The minimum Gasteiger partial charge on any atom is -0.381 e. The first-order chi connectivity index (χ1) is 11.2.